The molecule has 13 heteroatoms. The number of phenols is 1. The van der Waals surface area contributed by atoms with Gasteiger partial charge in [0, 0.05) is 12.1 Å². The number of ether oxygens (including phenoxy) is 3. The normalized spacial score (nSPS) is 12.4. The second-order valence-corrected chi connectivity index (χ2v) is 9.08. The number of esters is 1. The Morgan fingerprint density at radius 3 is 2.27 bits per heavy atom. The van der Waals surface area contributed by atoms with Crippen LogP contribution in [-0.2, 0) is 20.9 Å². The summed E-state index contributed by atoms with van der Waals surface area (Å²) in [6.07, 6.45) is 0.805. The summed E-state index contributed by atoms with van der Waals surface area (Å²) in [5, 5.41) is 22.0. The van der Waals surface area contributed by atoms with E-state index in [0.29, 0.717) is 29.6 Å². The Hall–Kier alpha value is -4.94. The topological polar surface area (TPSA) is 162 Å². The van der Waals surface area contributed by atoms with Crippen LogP contribution in [0.15, 0.2) is 36.4 Å². The van der Waals surface area contributed by atoms with Crippen molar-refractivity contribution < 1.29 is 38.5 Å². The molecular formula is C27H29N5O8. The van der Waals surface area contributed by atoms with Crippen molar-refractivity contribution in [2.45, 2.75) is 33.3 Å². The van der Waals surface area contributed by atoms with Crippen LogP contribution in [0.5, 0.6) is 11.5 Å². The number of benzene rings is 2. The Morgan fingerprint density at radius 2 is 1.70 bits per heavy atom. The highest BCUT2D eigenvalue weighted by molar-refractivity contribution is 6.22. The standard InChI is InChI=1S/C27H29N5O8/c1-5-6-8-31-24(34)17-12-19-20(13-18(17)25(31)35)30-32(29-19)21-10-16(11-22(38-4)23(21)33)14-40-27(37)28-7-9-39-26(36)15(2)3/h10-13,33H,2,5-9,14H2,1,3-4H3,(H,28,37). The first-order valence-electron chi connectivity index (χ1n) is 12.5. The van der Waals surface area contributed by atoms with Gasteiger partial charge in [-0.05, 0) is 43.2 Å². The number of fused-ring (bicyclic) bond motifs is 2. The molecule has 0 atom stereocenters. The van der Waals surface area contributed by atoms with Gasteiger partial charge in [0.1, 0.15) is 29.9 Å². The average molecular weight is 552 g/mol. The van der Waals surface area contributed by atoms with E-state index in [1.807, 2.05) is 6.92 Å². The number of hydrogen-bond donors (Lipinski definition) is 2. The van der Waals surface area contributed by atoms with E-state index in [-0.39, 0.29) is 65.5 Å². The minimum absolute atomic E-state index is 0.0388. The van der Waals surface area contributed by atoms with Crippen molar-refractivity contribution >= 4 is 34.9 Å². The maximum Gasteiger partial charge on any atom is 0.407 e. The maximum atomic E-state index is 12.8. The lowest BCUT2D eigenvalue weighted by atomic mass is 10.1. The van der Waals surface area contributed by atoms with Gasteiger partial charge in [-0.15, -0.1) is 15.0 Å². The third kappa shape index (κ3) is 5.72. The first-order valence-corrected chi connectivity index (χ1v) is 12.5. The smallest absolute Gasteiger partial charge is 0.407 e. The monoisotopic (exact) mass is 551 g/mol. The molecule has 13 nitrogen and oxygen atoms in total. The highest BCUT2D eigenvalue weighted by Crippen LogP contribution is 2.35. The van der Waals surface area contributed by atoms with E-state index >= 15 is 0 Å². The number of carbonyl (C=O) groups excluding carboxylic acids is 4. The molecule has 0 radical (unpaired) electrons. The average Bonchev–Trinajstić information content (AvgIpc) is 3.45. The van der Waals surface area contributed by atoms with Gasteiger partial charge in [0.2, 0.25) is 0 Å². The summed E-state index contributed by atoms with van der Waals surface area (Å²) in [4.78, 5) is 51.4. The molecule has 0 saturated carbocycles. The van der Waals surface area contributed by atoms with Gasteiger partial charge in [-0.1, -0.05) is 19.9 Å². The van der Waals surface area contributed by atoms with Gasteiger partial charge in [0.15, 0.2) is 11.5 Å². The maximum absolute atomic E-state index is 12.8. The van der Waals surface area contributed by atoms with Gasteiger partial charge < -0.3 is 24.6 Å². The summed E-state index contributed by atoms with van der Waals surface area (Å²) in [7, 11) is 1.36. The summed E-state index contributed by atoms with van der Waals surface area (Å²) >= 11 is 0. The van der Waals surface area contributed by atoms with Gasteiger partial charge in [-0.2, -0.15) is 0 Å². The summed E-state index contributed by atoms with van der Waals surface area (Å²) < 4.78 is 15.4. The second kappa shape index (κ2) is 11.8. The van der Waals surface area contributed by atoms with Crippen LogP contribution in [0.25, 0.3) is 16.7 Å². The molecule has 0 unspecified atom stereocenters. The first-order chi connectivity index (χ1) is 19.1. The number of nitrogens with zero attached hydrogens (tertiary/aromatic N) is 4. The molecule has 0 aliphatic carbocycles. The lowest BCUT2D eigenvalue weighted by molar-refractivity contribution is -0.138. The second-order valence-electron chi connectivity index (χ2n) is 9.08. The first kappa shape index (κ1) is 28.1. The van der Waals surface area contributed by atoms with Gasteiger partial charge in [-0.3, -0.25) is 14.5 Å². The molecule has 2 aromatic carbocycles. The number of amides is 3. The van der Waals surface area contributed by atoms with Crippen molar-refractivity contribution in [3.05, 3.63) is 53.1 Å². The number of phenolic OH excluding ortho intramolecular Hbond substituents is 1. The number of aromatic hydroxyl groups is 1. The van der Waals surface area contributed by atoms with E-state index < -0.39 is 12.1 Å². The summed E-state index contributed by atoms with van der Waals surface area (Å²) in [6, 6.07) is 6.02. The third-order valence-electron chi connectivity index (χ3n) is 6.08. The number of carbonyl (C=O) groups is 4. The Kier molecular flexibility index (Phi) is 8.31. The van der Waals surface area contributed by atoms with Crippen molar-refractivity contribution in [1.29, 1.82) is 0 Å². The Balaban J connectivity index is 1.51. The number of methoxy groups -OCH3 is 1. The predicted octanol–water partition coefficient (Wildman–Crippen LogP) is 2.88. The minimum Gasteiger partial charge on any atom is -0.503 e. The van der Waals surface area contributed by atoms with E-state index in [1.54, 1.807) is 0 Å². The molecule has 0 saturated heterocycles. The molecule has 2 N–H and O–H groups in total. The highest BCUT2D eigenvalue weighted by Gasteiger charge is 2.36. The molecule has 0 spiro atoms. The molecule has 0 bridgehead atoms. The Labute approximate surface area is 229 Å². The Bertz CT molecular complexity index is 1460. The van der Waals surface area contributed by atoms with Crippen LogP contribution in [0.3, 0.4) is 0 Å². The zero-order chi connectivity index (χ0) is 29.0. The highest BCUT2D eigenvalue weighted by atomic mass is 16.6. The van der Waals surface area contributed by atoms with E-state index in [2.05, 4.69) is 22.1 Å². The van der Waals surface area contributed by atoms with Gasteiger partial charge >= 0.3 is 12.1 Å². The molecule has 3 aromatic rings. The van der Waals surface area contributed by atoms with Crippen molar-refractivity contribution in [3.8, 4) is 17.2 Å². The van der Waals surface area contributed by atoms with E-state index in [9.17, 15) is 24.3 Å². The quantitative estimate of drug-likeness (QED) is 0.157. The SMILES string of the molecule is C=C(C)C(=O)OCCNC(=O)OCc1cc(OC)c(O)c(-n2nc3cc4c(cc3n2)C(=O)N(CCCC)C4=O)c1. The van der Waals surface area contributed by atoms with Crippen LogP contribution in [0.4, 0.5) is 4.79 Å². The molecule has 1 aliphatic rings. The van der Waals surface area contributed by atoms with Crippen LogP contribution in [-0.4, -0.2) is 75.7 Å². The van der Waals surface area contributed by atoms with Crippen molar-refractivity contribution in [2.75, 3.05) is 26.8 Å². The van der Waals surface area contributed by atoms with Crippen LogP contribution in [0.1, 0.15) is 53.0 Å². The summed E-state index contributed by atoms with van der Waals surface area (Å²) in [6.45, 7) is 7.11. The van der Waals surface area contributed by atoms with Crippen LogP contribution < -0.4 is 10.1 Å². The lowest BCUT2D eigenvalue weighted by Crippen LogP contribution is -2.30. The van der Waals surface area contributed by atoms with Gasteiger partial charge in [0.25, 0.3) is 11.8 Å². The molecule has 2 heterocycles. The predicted molar refractivity (Wildman–Crippen MR) is 141 cm³/mol. The molecule has 40 heavy (non-hydrogen) atoms. The largest absolute Gasteiger partial charge is 0.503 e. The minimum atomic E-state index is -0.750. The van der Waals surface area contributed by atoms with E-state index in [4.69, 9.17) is 14.2 Å². The molecule has 210 valence electrons. The van der Waals surface area contributed by atoms with Crippen LogP contribution in [0, 0.1) is 0 Å². The zero-order valence-electron chi connectivity index (χ0n) is 22.4. The van der Waals surface area contributed by atoms with E-state index in [1.165, 1.54) is 43.2 Å². The van der Waals surface area contributed by atoms with E-state index in [0.717, 1.165) is 11.2 Å². The third-order valence-corrected chi connectivity index (χ3v) is 6.08. The molecular weight excluding hydrogens is 522 g/mol. The number of alkyl carbamates (subject to hydrolysis) is 1. The number of hydrogen-bond acceptors (Lipinski definition) is 10. The molecule has 1 aliphatic heterocycles. The number of imide groups is 1. The number of unbranched alkanes of at least 4 members (excludes halogenated alkanes) is 1. The number of aromatic nitrogens is 3. The molecule has 0 fully saturated rings. The summed E-state index contributed by atoms with van der Waals surface area (Å²) in [5.41, 5.74) is 2.04. The van der Waals surface area contributed by atoms with Crippen molar-refractivity contribution in [2.24, 2.45) is 0 Å². The van der Waals surface area contributed by atoms with Crippen LogP contribution >= 0.6 is 0 Å². The molecule has 4 rings (SSSR count). The molecule has 1 aromatic heterocycles. The fourth-order valence-electron chi connectivity index (χ4n) is 3.99. The number of rotatable bonds is 11. The van der Waals surface area contributed by atoms with Crippen molar-refractivity contribution in [3.63, 3.8) is 0 Å². The summed E-state index contributed by atoms with van der Waals surface area (Å²) in [5.74, 6) is -1.48. The number of nitrogens with one attached hydrogen (secondary N) is 1. The van der Waals surface area contributed by atoms with Crippen LogP contribution in [0.2, 0.25) is 0 Å². The van der Waals surface area contributed by atoms with Gasteiger partial charge in [-0.25, -0.2) is 9.59 Å². The zero-order valence-corrected chi connectivity index (χ0v) is 22.4. The Morgan fingerprint density at radius 1 is 1.05 bits per heavy atom. The fraction of sp³-hybridized carbons (Fsp3) is 0.333. The molecule has 3 amide bonds. The lowest BCUT2D eigenvalue weighted by Gasteiger charge is -2.12. The van der Waals surface area contributed by atoms with Crippen molar-refractivity contribution in [1.82, 2.24) is 25.2 Å². The fourth-order valence-corrected chi connectivity index (χ4v) is 3.99. The van der Waals surface area contributed by atoms with Gasteiger partial charge in [0.05, 0.1) is 24.8 Å².